The topological polar surface area (TPSA) is 40.2 Å². The summed E-state index contributed by atoms with van der Waals surface area (Å²) in [5, 5.41) is 0. The van der Waals surface area contributed by atoms with Crippen molar-refractivity contribution in [1.29, 1.82) is 0 Å². The summed E-state index contributed by atoms with van der Waals surface area (Å²) in [5.74, 6) is 4.02. The number of likely N-dealkylation sites (N-methyl/N-ethyl adjacent to an activating group) is 1. The van der Waals surface area contributed by atoms with Gasteiger partial charge in [-0.25, -0.2) is 0 Å². The first-order valence-electron chi connectivity index (χ1n) is 11.2. The Hall–Kier alpha value is -2.40. The fourth-order valence-electron chi connectivity index (χ4n) is 4.52. The van der Waals surface area contributed by atoms with Gasteiger partial charge in [-0.3, -0.25) is 0 Å². The van der Waals surface area contributed by atoms with Gasteiger partial charge in [0.15, 0.2) is 23.0 Å². The number of hydrogen-bond acceptors (Lipinski definition) is 5. The minimum Gasteiger partial charge on any atom is -0.493 e. The molecule has 0 bridgehead atoms. The summed E-state index contributed by atoms with van der Waals surface area (Å²) in [6.45, 7) is 2.17. The molecule has 0 spiro atoms. The van der Waals surface area contributed by atoms with Gasteiger partial charge in [-0.1, -0.05) is 6.07 Å². The molecule has 1 aliphatic carbocycles. The summed E-state index contributed by atoms with van der Waals surface area (Å²) in [7, 11) is 8.99. The first-order chi connectivity index (χ1) is 15.1. The Bertz CT molecular complexity index is 852. The highest BCUT2D eigenvalue weighted by Crippen LogP contribution is 2.36. The van der Waals surface area contributed by atoms with Gasteiger partial charge in [-0.2, -0.15) is 0 Å². The van der Waals surface area contributed by atoms with Crippen LogP contribution >= 0.6 is 0 Å². The van der Waals surface area contributed by atoms with Gasteiger partial charge in [-0.05, 0) is 99.0 Å². The van der Waals surface area contributed by atoms with Gasteiger partial charge in [0.2, 0.25) is 0 Å². The van der Waals surface area contributed by atoms with Crippen LogP contribution in [0.4, 0.5) is 0 Å². The van der Waals surface area contributed by atoms with Crippen LogP contribution in [-0.4, -0.2) is 53.5 Å². The molecule has 3 rings (SSSR count). The molecule has 1 atom stereocenters. The van der Waals surface area contributed by atoms with Crippen molar-refractivity contribution in [2.75, 3.05) is 48.6 Å². The molecule has 0 fully saturated rings. The maximum atomic E-state index is 5.49. The maximum Gasteiger partial charge on any atom is 0.161 e. The summed E-state index contributed by atoms with van der Waals surface area (Å²) in [5.41, 5.74) is 4.12. The fourth-order valence-corrected chi connectivity index (χ4v) is 4.52. The summed E-state index contributed by atoms with van der Waals surface area (Å²) in [6, 6.07) is 10.5. The molecule has 0 saturated heterocycles. The monoisotopic (exact) mass is 427 g/mol. The summed E-state index contributed by atoms with van der Waals surface area (Å²) in [6.07, 6.45) is 7.05. The molecule has 0 aliphatic heterocycles. The standard InChI is InChI=1S/C26H37NO4/c1-27(14-12-20-9-11-23(28-2)24(16-20)29-3)13-6-7-19-8-10-21-17-25(30-4)26(31-5)18-22(21)15-19/h9,11,16-19H,6-8,10,12-15H2,1-5H3. The number of fused-ring (bicyclic) bond motifs is 1. The van der Waals surface area contributed by atoms with Crippen molar-refractivity contribution in [2.24, 2.45) is 5.92 Å². The van der Waals surface area contributed by atoms with Crippen LogP contribution in [0.15, 0.2) is 30.3 Å². The van der Waals surface area contributed by atoms with Crippen molar-refractivity contribution < 1.29 is 18.9 Å². The highest BCUT2D eigenvalue weighted by Gasteiger charge is 2.21. The third-order valence-corrected chi connectivity index (χ3v) is 6.42. The van der Waals surface area contributed by atoms with Crippen LogP contribution in [0.3, 0.4) is 0 Å². The van der Waals surface area contributed by atoms with Crippen LogP contribution in [0.25, 0.3) is 0 Å². The van der Waals surface area contributed by atoms with E-state index in [1.165, 1.54) is 36.0 Å². The molecule has 5 heteroatoms. The largest absolute Gasteiger partial charge is 0.493 e. The van der Waals surface area contributed by atoms with E-state index in [0.29, 0.717) is 0 Å². The van der Waals surface area contributed by atoms with Crippen LogP contribution in [0.2, 0.25) is 0 Å². The van der Waals surface area contributed by atoms with Crippen molar-refractivity contribution in [3.05, 3.63) is 47.0 Å². The molecule has 31 heavy (non-hydrogen) atoms. The van der Waals surface area contributed by atoms with Crippen LogP contribution in [0.5, 0.6) is 23.0 Å². The number of methoxy groups -OCH3 is 4. The van der Waals surface area contributed by atoms with Crippen molar-refractivity contribution in [3.8, 4) is 23.0 Å². The van der Waals surface area contributed by atoms with Gasteiger partial charge in [0.1, 0.15) is 0 Å². The molecule has 2 aromatic rings. The second-order valence-corrected chi connectivity index (χ2v) is 8.47. The normalized spacial score (nSPS) is 15.5. The Kier molecular flexibility index (Phi) is 8.47. The van der Waals surface area contributed by atoms with Crippen molar-refractivity contribution in [2.45, 2.75) is 38.5 Å². The minimum atomic E-state index is 0.754. The number of ether oxygens (including phenoxy) is 4. The number of nitrogens with zero attached hydrogens (tertiary/aromatic N) is 1. The van der Waals surface area contributed by atoms with E-state index < -0.39 is 0 Å². The van der Waals surface area contributed by atoms with Crippen LogP contribution < -0.4 is 18.9 Å². The lowest BCUT2D eigenvalue weighted by molar-refractivity contribution is 0.307. The van der Waals surface area contributed by atoms with E-state index in [-0.39, 0.29) is 0 Å². The lowest BCUT2D eigenvalue weighted by Gasteiger charge is -2.26. The van der Waals surface area contributed by atoms with Crippen molar-refractivity contribution in [1.82, 2.24) is 4.90 Å². The zero-order chi connectivity index (χ0) is 22.2. The average Bonchev–Trinajstić information content (AvgIpc) is 2.81. The fraction of sp³-hybridized carbons (Fsp3) is 0.538. The molecular formula is C26H37NO4. The smallest absolute Gasteiger partial charge is 0.161 e. The van der Waals surface area contributed by atoms with Gasteiger partial charge in [-0.15, -0.1) is 0 Å². The quantitative estimate of drug-likeness (QED) is 0.516. The Balaban J connectivity index is 1.43. The van der Waals surface area contributed by atoms with E-state index in [4.69, 9.17) is 18.9 Å². The Morgan fingerprint density at radius 2 is 1.45 bits per heavy atom. The summed E-state index contributed by atoms with van der Waals surface area (Å²) < 4.78 is 21.7. The number of benzene rings is 2. The zero-order valence-corrected chi connectivity index (χ0v) is 19.7. The Morgan fingerprint density at radius 3 is 2.13 bits per heavy atom. The molecule has 0 radical (unpaired) electrons. The molecule has 2 aromatic carbocycles. The van der Waals surface area contributed by atoms with Crippen LogP contribution in [0.1, 0.15) is 36.0 Å². The molecule has 0 amide bonds. The Labute approximate surface area is 187 Å². The lowest BCUT2D eigenvalue weighted by atomic mass is 9.81. The summed E-state index contributed by atoms with van der Waals surface area (Å²) in [4.78, 5) is 2.43. The second kappa shape index (κ2) is 11.3. The summed E-state index contributed by atoms with van der Waals surface area (Å²) >= 11 is 0. The zero-order valence-electron chi connectivity index (χ0n) is 19.7. The van der Waals surface area contributed by atoms with Gasteiger partial charge in [0.25, 0.3) is 0 Å². The average molecular weight is 428 g/mol. The third-order valence-electron chi connectivity index (χ3n) is 6.42. The van der Waals surface area contributed by atoms with Gasteiger partial charge < -0.3 is 23.8 Å². The molecule has 0 aromatic heterocycles. The van der Waals surface area contributed by atoms with Gasteiger partial charge >= 0.3 is 0 Å². The maximum absolute atomic E-state index is 5.49. The van der Waals surface area contributed by atoms with E-state index in [9.17, 15) is 0 Å². The molecule has 170 valence electrons. The SMILES string of the molecule is COc1ccc(CCN(C)CCCC2CCc3cc(OC)c(OC)cc3C2)cc1OC. The third kappa shape index (κ3) is 6.07. The second-order valence-electron chi connectivity index (χ2n) is 8.47. The van der Waals surface area contributed by atoms with Gasteiger partial charge in [0, 0.05) is 6.54 Å². The predicted octanol–water partition coefficient (Wildman–Crippen LogP) is 4.78. The van der Waals surface area contributed by atoms with Crippen molar-refractivity contribution in [3.63, 3.8) is 0 Å². The minimum absolute atomic E-state index is 0.754. The van der Waals surface area contributed by atoms with E-state index in [2.05, 4.69) is 36.2 Å². The highest BCUT2D eigenvalue weighted by molar-refractivity contribution is 5.48. The molecule has 0 heterocycles. The van der Waals surface area contributed by atoms with E-state index in [1.54, 1.807) is 28.4 Å². The van der Waals surface area contributed by atoms with E-state index in [0.717, 1.165) is 61.3 Å². The molecule has 0 N–H and O–H groups in total. The molecule has 1 unspecified atom stereocenters. The predicted molar refractivity (Wildman–Crippen MR) is 125 cm³/mol. The van der Waals surface area contributed by atoms with E-state index >= 15 is 0 Å². The van der Waals surface area contributed by atoms with Crippen LogP contribution in [-0.2, 0) is 19.3 Å². The van der Waals surface area contributed by atoms with E-state index in [1.807, 2.05) is 6.07 Å². The first-order valence-corrected chi connectivity index (χ1v) is 11.2. The Morgan fingerprint density at radius 1 is 0.806 bits per heavy atom. The van der Waals surface area contributed by atoms with Crippen molar-refractivity contribution >= 4 is 0 Å². The van der Waals surface area contributed by atoms with Crippen LogP contribution in [0, 0.1) is 5.92 Å². The molecule has 1 aliphatic rings. The molecular weight excluding hydrogens is 390 g/mol. The number of hydrogen-bond donors (Lipinski definition) is 0. The van der Waals surface area contributed by atoms with Gasteiger partial charge in [0.05, 0.1) is 28.4 Å². The highest BCUT2D eigenvalue weighted by atomic mass is 16.5. The number of rotatable bonds is 11. The molecule has 0 saturated carbocycles. The first kappa shape index (κ1) is 23.3. The molecule has 5 nitrogen and oxygen atoms in total. The lowest BCUT2D eigenvalue weighted by Crippen LogP contribution is -2.23. The number of aryl methyl sites for hydroxylation is 1.